The fourth-order valence-electron chi connectivity index (χ4n) is 1.96. The summed E-state index contributed by atoms with van der Waals surface area (Å²) >= 11 is 5.96. The first-order valence-corrected chi connectivity index (χ1v) is 6.78. The van der Waals surface area contributed by atoms with Gasteiger partial charge in [0.15, 0.2) is 11.5 Å². The minimum atomic E-state index is 0.285. The lowest BCUT2D eigenvalue weighted by atomic mass is 10.2. The summed E-state index contributed by atoms with van der Waals surface area (Å²) in [5.74, 6) is 3.01. The molecule has 6 heteroatoms. The summed E-state index contributed by atoms with van der Waals surface area (Å²) < 4.78 is 10.6. The second-order valence-corrected chi connectivity index (χ2v) is 4.77. The van der Waals surface area contributed by atoms with Crippen molar-refractivity contribution in [2.75, 3.05) is 12.1 Å². The fraction of sp³-hybridized carbons (Fsp3) is 0.286. The first kappa shape index (κ1) is 13.0. The molecule has 5 nitrogen and oxygen atoms in total. The van der Waals surface area contributed by atoms with Crippen LogP contribution in [0.5, 0.6) is 11.5 Å². The number of hydrogen-bond donors (Lipinski definition) is 1. The molecule has 0 aliphatic carbocycles. The van der Waals surface area contributed by atoms with E-state index in [2.05, 4.69) is 15.3 Å². The molecule has 0 fully saturated rings. The molecule has 2 heterocycles. The van der Waals surface area contributed by atoms with Gasteiger partial charge in [0.25, 0.3) is 0 Å². The Balaban J connectivity index is 1.71. The Morgan fingerprint density at radius 3 is 2.90 bits per heavy atom. The lowest BCUT2D eigenvalue weighted by molar-refractivity contribution is 0.174. The van der Waals surface area contributed by atoms with E-state index in [-0.39, 0.29) is 6.79 Å². The van der Waals surface area contributed by atoms with Crippen molar-refractivity contribution in [1.82, 2.24) is 9.97 Å². The average Bonchev–Trinajstić information content (AvgIpc) is 2.92. The van der Waals surface area contributed by atoms with Crippen molar-refractivity contribution in [1.29, 1.82) is 0 Å². The van der Waals surface area contributed by atoms with E-state index in [0.29, 0.717) is 11.7 Å². The first-order chi connectivity index (χ1) is 9.74. The van der Waals surface area contributed by atoms with Gasteiger partial charge in [-0.2, -0.15) is 0 Å². The van der Waals surface area contributed by atoms with Crippen LogP contribution in [0.3, 0.4) is 0 Å². The number of nitrogens with zero attached hydrogens (tertiary/aromatic N) is 2. The summed E-state index contributed by atoms with van der Waals surface area (Å²) in [6.07, 6.45) is 0.749. The molecule has 1 N–H and O–H groups in total. The van der Waals surface area contributed by atoms with Crippen molar-refractivity contribution >= 4 is 17.4 Å². The topological polar surface area (TPSA) is 56.3 Å². The summed E-state index contributed by atoms with van der Waals surface area (Å²) in [4.78, 5) is 8.51. The molecule has 0 saturated heterocycles. The van der Waals surface area contributed by atoms with E-state index in [1.54, 1.807) is 6.07 Å². The van der Waals surface area contributed by atoms with Crippen LogP contribution in [0.1, 0.15) is 18.3 Å². The van der Waals surface area contributed by atoms with Crippen molar-refractivity contribution in [2.24, 2.45) is 0 Å². The normalized spacial score (nSPS) is 12.5. The Hall–Kier alpha value is -2.01. The van der Waals surface area contributed by atoms with Crippen molar-refractivity contribution in [2.45, 2.75) is 19.9 Å². The fourth-order valence-corrected chi connectivity index (χ4v) is 2.16. The largest absolute Gasteiger partial charge is 0.454 e. The average molecular weight is 292 g/mol. The Bertz CT molecular complexity index is 634. The van der Waals surface area contributed by atoms with Gasteiger partial charge in [-0.3, -0.25) is 0 Å². The van der Waals surface area contributed by atoms with Gasteiger partial charge in [-0.25, -0.2) is 9.97 Å². The number of aryl methyl sites for hydroxylation is 1. The van der Waals surface area contributed by atoms with E-state index < -0.39 is 0 Å². The van der Waals surface area contributed by atoms with Crippen LogP contribution in [0, 0.1) is 0 Å². The zero-order valence-electron chi connectivity index (χ0n) is 11.0. The zero-order valence-corrected chi connectivity index (χ0v) is 11.8. The van der Waals surface area contributed by atoms with Gasteiger partial charge in [0, 0.05) is 19.0 Å². The highest BCUT2D eigenvalue weighted by atomic mass is 35.5. The molecular formula is C14H14ClN3O2. The van der Waals surface area contributed by atoms with Crippen molar-refractivity contribution in [3.63, 3.8) is 0 Å². The second-order valence-electron chi connectivity index (χ2n) is 4.39. The maximum Gasteiger partial charge on any atom is 0.231 e. The van der Waals surface area contributed by atoms with Gasteiger partial charge < -0.3 is 14.8 Å². The zero-order chi connectivity index (χ0) is 13.9. The third kappa shape index (κ3) is 2.77. The molecule has 0 atom stereocenters. The van der Waals surface area contributed by atoms with Crippen molar-refractivity contribution in [3.05, 3.63) is 40.8 Å². The highest BCUT2D eigenvalue weighted by molar-refractivity contribution is 6.29. The first-order valence-electron chi connectivity index (χ1n) is 6.40. The molecule has 2 aromatic rings. The molecule has 1 aromatic heterocycles. The molecule has 0 unspecified atom stereocenters. The SMILES string of the molecule is CCc1nc(Cl)cc(NCc2ccc3c(c2)OCO3)n1. The van der Waals surface area contributed by atoms with E-state index in [4.69, 9.17) is 21.1 Å². The molecule has 1 aromatic carbocycles. The molecule has 0 saturated carbocycles. The van der Waals surface area contributed by atoms with Gasteiger partial charge in [-0.05, 0) is 17.7 Å². The van der Waals surface area contributed by atoms with E-state index in [1.165, 1.54) is 0 Å². The molecule has 1 aliphatic rings. The number of fused-ring (bicyclic) bond motifs is 1. The van der Waals surface area contributed by atoms with E-state index in [1.807, 2.05) is 25.1 Å². The number of ether oxygens (including phenoxy) is 2. The van der Waals surface area contributed by atoms with Crippen LogP contribution >= 0.6 is 11.6 Å². The minimum absolute atomic E-state index is 0.285. The number of hydrogen-bond acceptors (Lipinski definition) is 5. The van der Waals surface area contributed by atoms with Gasteiger partial charge in [0.05, 0.1) is 0 Å². The third-order valence-corrected chi connectivity index (χ3v) is 3.16. The Labute approximate surface area is 121 Å². The van der Waals surface area contributed by atoms with Crippen LogP contribution in [0.2, 0.25) is 5.15 Å². The third-order valence-electron chi connectivity index (χ3n) is 2.97. The van der Waals surface area contributed by atoms with Gasteiger partial charge in [-0.1, -0.05) is 24.6 Å². The summed E-state index contributed by atoms with van der Waals surface area (Å²) in [7, 11) is 0. The maximum atomic E-state index is 5.96. The van der Waals surface area contributed by atoms with Crippen LogP contribution in [0.15, 0.2) is 24.3 Å². The number of benzene rings is 1. The molecular weight excluding hydrogens is 278 g/mol. The Morgan fingerprint density at radius 1 is 1.20 bits per heavy atom. The van der Waals surface area contributed by atoms with Crippen LogP contribution in [-0.4, -0.2) is 16.8 Å². The highest BCUT2D eigenvalue weighted by Gasteiger charge is 2.13. The minimum Gasteiger partial charge on any atom is -0.454 e. The van der Waals surface area contributed by atoms with Crippen LogP contribution in [0.4, 0.5) is 5.82 Å². The van der Waals surface area contributed by atoms with Crippen LogP contribution < -0.4 is 14.8 Å². The summed E-state index contributed by atoms with van der Waals surface area (Å²) in [6.45, 7) is 2.91. The lowest BCUT2D eigenvalue weighted by Crippen LogP contribution is -2.04. The van der Waals surface area contributed by atoms with Crippen molar-refractivity contribution in [3.8, 4) is 11.5 Å². The predicted molar refractivity (Wildman–Crippen MR) is 76.3 cm³/mol. The molecule has 0 amide bonds. The maximum absolute atomic E-state index is 5.96. The predicted octanol–water partition coefficient (Wildman–Crippen LogP) is 3.03. The van der Waals surface area contributed by atoms with Crippen molar-refractivity contribution < 1.29 is 9.47 Å². The van der Waals surface area contributed by atoms with Gasteiger partial charge >= 0.3 is 0 Å². The highest BCUT2D eigenvalue weighted by Crippen LogP contribution is 2.32. The monoisotopic (exact) mass is 291 g/mol. The van der Waals surface area contributed by atoms with Gasteiger partial charge in [-0.15, -0.1) is 0 Å². The number of anilines is 1. The molecule has 0 spiro atoms. The number of rotatable bonds is 4. The van der Waals surface area contributed by atoms with E-state index >= 15 is 0 Å². The van der Waals surface area contributed by atoms with Crippen LogP contribution in [-0.2, 0) is 13.0 Å². The van der Waals surface area contributed by atoms with Crippen LogP contribution in [0.25, 0.3) is 0 Å². The standard InChI is InChI=1S/C14H14ClN3O2/c1-2-13-17-12(15)6-14(18-13)16-7-9-3-4-10-11(5-9)20-8-19-10/h3-6H,2,7-8H2,1H3,(H,16,17,18). The second kappa shape index (κ2) is 5.54. The molecule has 0 radical (unpaired) electrons. The number of nitrogens with one attached hydrogen (secondary N) is 1. The smallest absolute Gasteiger partial charge is 0.231 e. The van der Waals surface area contributed by atoms with E-state index in [9.17, 15) is 0 Å². The summed E-state index contributed by atoms with van der Waals surface area (Å²) in [5.41, 5.74) is 1.09. The lowest BCUT2D eigenvalue weighted by Gasteiger charge is -2.08. The molecule has 1 aliphatic heterocycles. The summed E-state index contributed by atoms with van der Waals surface area (Å²) in [6, 6.07) is 7.57. The quantitative estimate of drug-likeness (QED) is 0.878. The summed E-state index contributed by atoms with van der Waals surface area (Å²) in [5, 5.41) is 3.68. The Kier molecular flexibility index (Phi) is 3.60. The number of halogens is 1. The van der Waals surface area contributed by atoms with E-state index in [0.717, 1.165) is 35.1 Å². The van der Waals surface area contributed by atoms with Gasteiger partial charge in [0.2, 0.25) is 6.79 Å². The molecule has 104 valence electrons. The molecule has 3 rings (SSSR count). The molecule has 20 heavy (non-hydrogen) atoms. The molecule has 0 bridgehead atoms. The Morgan fingerprint density at radius 2 is 2.05 bits per heavy atom. The number of aromatic nitrogens is 2. The van der Waals surface area contributed by atoms with Gasteiger partial charge in [0.1, 0.15) is 16.8 Å².